The van der Waals surface area contributed by atoms with E-state index in [-0.39, 0.29) is 0 Å². The highest BCUT2D eigenvalue weighted by Crippen LogP contribution is 2.46. The van der Waals surface area contributed by atoms with Crippen LogP contribution in [0, 0.1) is 0 Å². The molecule has 27 heavy (non-hydrogen) atoms. The Hall–Kier alpha value is -2.94. The van der Waals surface area contributed by atoms with Gasteiger partial charge in [0.05, 0.1) is 5.69 Å². The minimum Gasteiger partial charge on any atom is -0.443 e. The summed E-state index contributed by atoms with van der Waals surface area (Å²) in [4.78, 5) is 37.6. The fraction of sp³-hybridized carbons (Fsp3) is 0.222. The summed E-state index contributed by atoms with van der Waals surface area (Å²) in [6.45, 7) is 5.30. The summed E-state index contributed by atoms with van der Waals surface area (Å²) in [5, 5.41) is 0.570. The second-order valence-electron chi connectivity index (χ2n) is 6.56. The SMILES string of the molecule is CC(C)(C)OC(=O)N1c2cc(/C=C/C(=O)OF)ccc2Sc2nccnc21. The third-order valence-corrected chi connectivity index (χ3v) is 4.40. The van der Waals surface area contributed by atoms with Crippen molar-refractivity contribution < 1.29 is 23.8 Å². The molecule has 1 amide bonds. The van der Waals surface area contributed by atoms with Crippen LogP contribution in [0.15, 0.2) is 46.6 Å². The molecule has 7 nitrogen and oxygen atoms in total. The Bertz CT molecular complexity index is 927. The maximum absolute atomic E-state index is 12.8. The van der Waals surface area contributed by atoms with Crippen molar-refractivity contribution in [1.29, 1.82) is 0 Å². The van der Waals surface area contributed by atoms with Crippen LogP contribution in [0.5, 0.6) is 0 Å². The van der Waals surface area contributed by atoms with Crippen LogP contribution in [0.3, 0.4) is 0 Å². The largest absolute Gasteiger partial charge is 0.443 e. The molecule has 0 radical (unpaired) electrons. The van der Waals surface area contributed by atoms with Gasteiger partial charge < -0.3 is 4.74 Å². The molecule has 0 unspecified atom stereocenters. The maximum Gasteiger partial charge on any atom is 0.420 e. The van der Waals surface area contributed by atoms with E-state index in [1.165, 1.54) is 28.9 Å². The quantitative estimate of drug-likeness (QED) is 0.702. The zero-order valence-electron chi connectivity index (χ0n) is 14.8. The summed E-state index contributed by atoms with van der Waals surface area (Å²) in [6.07, 6.45) is 4.76. The molecule has 0 saturated carbocycles. The number of hydrogen-bond donors (Lipinski definition) is 0. The third-order valence-electron chi connectivity index (χ3n) is 3.35. The molecular formula is C18H16FN3O4S. The first-order valence-electron chi connectivity index (χ1n) is 7.95. The van der Waals surface area contributed by atoms with E-state index in [1.54, 1.807) is 45.2 Å². The molecule has 0 spiro atoms. The molecule has 1 aliphatic rings. The summed E-state index contributed by atoms with van der Waals surface area (Å²) in [5.74, 6) is -0.768. The lowest BCUT2D eigenvalue weighted by Gasteiger charge is -2.31. The van der Waals surface area contributed by atoms with Crippen LogP contribution in [0.1, 0.15) is 26.3 Å². The van der Waals surface area contributed by atoms with E-state index < -0.39 is 17.7 Å². The molecule has 1 aliphatic heterocycles. The monoisotopic (exact) mass is 389 g/mol. The number of carbonyl (C=O) groups excluding carboxylic acids is 2. The highest BCUT2D eigenvalue weighted by molar-refractivity contribution is 7.99. The van der Waals surface area contributed by atoms with Crippen molar-refractivity contribution in [3.63, 3.8) is 0 Å². The summed E-state index contributed by atoms with van der Waals surface area (Å²) >= 11 is 1.36. The van der Waals surface area contributed by atoms with Gasteiger partial charge in [-0.15, -0.1) is 0 Å². The molecule has 0 bridgehead atoms. The molecule has 0 aliphatic carbocycles. The number of halogens is 1. The van der Waals surface area contributed by atoms with Gasteiger partial charge >= 0.3 is 12.1 Å². The molecule has 0 N–H and O–H groups in total. The molecule has 0 atom stereocenters. The van der Waals surface area contributed by atoms with Gasteiger partial charge in [0.1, 0.15) is 10.6 Å². The lowest BCUT2D eigenvalue weighted by molar-refractivity contribution is -0.176. The second kappa shape index (κ2) is 7.36. The maximum atomic E-state index is 12.8. The third kappa shape index (κ3) is 4.25. The van der Waals surface area contributed by atoms with Crippen molar-refractivity contribution in [2.75, 3.05) is 4.90 Å². The van der Waals surface area contributed by atoms with Crippen molar-refractivity contribution in [3.05, 3.63) is 42.2 Å². The van der Waals surface area contributed by atoms with Crippen LogP contribution in [0.25, 0.3) is 6.08 Å². The number of rotatable bonds is 2. The van der Waals surface area contributed by atoms with Gasteiger partial charge in [-0.3, -0.25) is 4.94 Å². The number of aromatic nitrogens is 2. The first kappa shape index (κ1) is 18.8. The molecule has 1 aromatic carbocycles. The van der Waals surface area contributed by atoms with Gasteiger partial charge in [-0.1, -0.05) is 17.8 Å². The standard InChI is InChI=1S/C18H16FN3O4S/c1-18(2,3)25-17(24)22-12-10-11(5-7-14(23)26-19)4-6-13(12)27-16-15(22)20-8-9-21-16/h4-10H,1-3H3/b7-5+. The fourth-order valence-corrected chi connectivity index (χ4v) is 3.29. The van der Waals surface area contributed by atoms with Crippen molar-refractivity contribution in [2.24, 2.45) is 0 Å². The number of fused-ring (bicyclic) bond motifs is 2. The lowest BCUT2D eigenvalue weighted by Crippen LogP contribution is -2.35. The van der Waals surface area contributed by atoms with Gasteiger partial charge in [0.15, 0.2) is 5.82 Å². The Kier molecular flexibility index (Phi) is 5.13. The van der Waals surface area contributed by atoms with Crippen LogP contribution in [-0.4, -0.2) is 27.6 Å². The van der Waals surface area contributed by atoms with Crippen LogP contribution in [0.2, 0.25) is 0 Å². The molecule has 0 saturated heterocycles. The number of nitrogens with zero attached hydrogens (tertiary/aromatic N) is 3. The molecule has 1 aromatic heterocycles. The topological polar surface area (TPSA) is 81.6 Å². The fourth-order valence-electron chi connectivity index (χ4n) is 2.34. The number of carbonyl (C=O) groups is 2. The van der Waals surface area contributed by atoms with E-state index >= 15 is 0 Å². The van der Waals surface area contributed by atoms with Gasteiger partial charge in [-0.25, -0.2) is 24.5 Å². The zero-order chi connectivity index (χ0) is 19.6. The number of anilines is 2. The molecule has 2 heterocycles. The lowest BCUT2D eigenvalue weighted by atomic mass is 10.1. The van der Waals surface area contributed by atoms with Crippen LogP contribution >= 0.6 is 11.8 Å². The molecule has 0 fully saturated rings. The van der Waals surface area contributed by atoms with Gasteiger partial charge in [0, 0.05) is 27.9 Å². The first-order chi connectivity index (χ1) is 12.8. The van der Waals surface area contributed by atoms with E-state index in [9.17, 15) is 14.1 Å². The van der Waals surface area contributed by atoms with E-state index in [1.807, 2.05) is 0 Å². The van der Waals surface area contributed by atoms with Gasteiger partial charge in [-0.2, -0.15) is 0 Å². The smallest absolute Gasteiger partial charge is 0.420 e. The van der Waals surface area contributed by atoms with Gasteiger partial charge in [0.2, 0.25) is 0 Å². The predicted octanol–water partition coefficient (Wildman–Crippen LogP) is 4.46. The normalized spacial score (nSPS) is 13.1. The van der Waals surface area contributed by atoms with E-state index in [2.05, 4.69) is 14.9 Å². The number of benzene rings is 1. The number of ether oxygens (including phenoxy) is 1. The summed E-state index contributed by atoms with van der Waals surface area (Å²) in [6, 6.07) is 5.17. The van der Waals surface area contributed by atoms with E-state index in [0.717, 1.165) is 11.0 Å². The van der Waals surface area contributed by atoms with Crippen molar-refractivity contribution in [1.82, 2.24) is 9.97 Å². The molecule has 9 heteroatoms. The number of amides is 1. The minimum atomic E-state index is -1.12. The summed E-state index contributed by atoms with van der Waals surface area (Å²) in [5.41, 5.74) is 0.394. The van der Waals surface area contributed by atoms with Gasteiger partial charge in [-0.05, 0) is 44.5 Å². The Morgan fingerprint density at radius 3 is 2.67 bits per heavy atom. The number of hydrogen-bond acceptors (Lipinski definition) is 7. The van der Waals surface area contributed by atoms with Crippen LogP contribution < -0.4 is 4.90 Å². The van der Waals surface area contributed by atoms with Crippen LogP contribution in [0.4, 0.5) is 20.8 Å². The van der Waals surface area contributed by atoms with Crippen molar-refractivity contribution in [3.8, 4) is 0 Å². The molecular weight excluding hydrogens is 373 g/mol. The van der Waals surface area contributed by atoms with Crippen molar-refractivity contribution >= 4 is 41.4 Å². The van der Waals surface area contributed by atoms with E-state index in [0.29, 0.717) is 22.1 Å². The van der Waals surface area contributed by atoms with E-state index in [4.69, 9.17) is 4.74 Å². The average Bonchev–Trinajstić information content (AvgIpc) is 2.62. The predicted molar refractivity (Wildman–Crippen MR) is 97.2 cm³/mol. The van der Waals surface area contributed by atoms with Crippen LogP contribution in [-0.2, 0) is 14.5 Å². The Morgan fingerprint density at radius 1 is 1.22 bits per heavy atom. The average molecular weight is 389 g/mol. The molecule has 140 valence electrons. The zero-order valence-corrected chi connectivity index (χ0v) is 15.6. The first-order valence-corrected chi connectivity index (χ1v) is 8.77. The highest BCUT2D eigenvalue weighted by Gasteiger charge is 2.33. The Labute approximate surface area is 159 Å². The van der Waals surface area contributed by atoms with Crippen molar-refractivity contribution in [2.45, 2.75) is 36.3 Å². The highest BCUT2D eigenvalue weighted by atomic mass is 32.2. The second-order valence-corrected chi connectivity index (χ2v) is 7.59. The molecule has 2 aromatic rings. The Balaban J connectivity index is 2.05. The molecule has 3 rings (SSSR count). The summed E-state index contributed by atoms with van der Waals surface area (Å²) < 4.78 is 17.4. The minimum absolute atomic E-state index is 0.355. The van der Waals surface area contributed by atoms with Gasteiger partial charge in [0.25, 0.3) is 0 Å². The Morgan fingerprint density at radius 2 is 1.96 bits per heavy atom. The summed E-state index contributed by atoms with van der Waals surface area (Å²) in [7, 11) is 0.